The normalized spacial score (nSPS) is 8.81. The van der Waals surface area contributed by atoms with Crippen molar-refractivity contribution in [3.8, 4) is 0 Å². The number of benzene rings is 2. The third-order valence-electron chi connectivity index (χ3n) is 1.85. The molecule has 3 N–H and O–H groups in total. The Kier molecular flexibility index (Phi) is 6.52. The van der Waals surface area contributed by atoms with Crippen molar-refractivity contribution >= 4 is 5.69 Å². The van der Waals surface area contributed by atoms with E-state index in [4.69, 9.17) is 5.73 Å². The molecular formula is C14H17N2. The van der Waals surface area contributed by atoms with Crippen LogP contribution in [0, 0.1) is 6.07 Å². The second kappa shape index (κ2) is 8.50. The SMILES string of the molecule is NCCNc1ccccc1.[c]1ccccc1. The summed E-state index contributed by atoms with van der Waals surface area (Å²) in [5.74, 6) is 0. The van der Waals surface area contributed by atoms with Crippen molar-refractivity contribution in [3.63, 3.8) is 0 Å². The molecule has 0 bridgehead atoms. The largest absolute Gasteiger partial charge is 0.384 e. The van der Waals surface area contributed by atoms with Gasteiger partial charge >= 0.3 is 0 Å². The van der Waals surface area contributed by atoms with Crippen molar-refractivity contribution in [2.24, 2.45) is 5.73 Å². The van der Waals surface area contributed by atoms with E-state index in [-0.39, 0.29) is 0 Å². The van der Waals surface area contributed by atoms with Gasteiger partial charge in [0.1, 0.15) is 0 Å². The lowest BCUT2D eigenvalue weighted by Crippen LogP contribution is -2.12. The van der Waals surface area contributed by atoms with Gasteiger partial charge in [0.05, 0.1) is 0 Å². The first-order valence-electron chi connectivity index (χ1n) is 5.33. The monoisotopic (exact) mass is 213 g/mol. The van der Waals surface area contributed by atoms with Crippen LogP contribution in [0.2, 0.25) is 0 Å². The van der Waals surface area contributed by atoms with Crippen LogP contribution in [0.1, 0.15) is 0 Å². The molecule has 0 atom stereocenters. The van der Waals surface area contributed by atoms with Crippen LogP contribution in [0.3, 0.4) is 0 Å². The van der Waals surface area contributed by atoms with Crippen molar-refractivity contribution < 1.29 is 0 Å². The Labute approximate surface area is 97.1 Å². The topological polar surface area (TPSA) is 38.0 Å². The molecule has 2 aromatic rings. The van der Waals surface area contributed by atoms with Crippen molar-refractivity contribution in [2.75, 3.05) is 18.4 Å². The smallest absolute Gasteiger partial charge is 0.0340 e. The van der Waals surface area contributed by atoms with Gasteiger partial charge in [-0.2, -0.15) is 0 Å². The molecule has 0 heterocycles. The number of hydrogen-bond donors (Lipinski definition) is 2. The van der Waals surface area contributed by atoms with E-state index in [9.17, 15) is 0 Å². The molecular weight excluding hydrogens is 196 g/mol. The Morgan fingerprint density at radius 1 is 0.938 bits per heavy atom. The van der Waals surface area contributed by atoms with Gasteiger partial charge in [-0.25, -0.2) is 0 Å². The second-order valence-electron chi connectivity index (χ2n) is 3.16. The average Bonchev–Trinajstić information content (AvgIpc) is 2.40. The first-order chi connectivity index (χ1) is 7.93. The van der Waals surface area contributed by atoms with E-state index in [1.807, 2.05) is 60.7 Å². The molecule has 0 aliphatic heterocycles. The average molecular weight is 213 g/mol. The quantitative estimate of drug-likeness (QED) is 0.822. The van der Waals surface area contributed by atoms with Gasteiger partial charge in [-0.05, 0) is 18.2 Å². The maximum atomic E-state index is 5.31. The predicted octanol–water partition coefficient (Wildman–Crippen LogP) is 2.54. The number of hydrogen-bond acceptors (Lipinski definition) is 2. The van der Waals surface area contributed by atoms with Crippen LogP contribution in [0.4, 0.5) is 5.69 Å². The molecule has 83 valence electrons. The van der Waals surface area contributed by atoms with Crippen LogP contribution in [0.5, 0.6) is 0 Å². The number of nitrogens with one attached hydrogen (secondary N) is 1. The predicted molar refractivity (Wildman–Crippen MR) is 69.3 cm³/mol. The highest BCUT2D eigenvalue weighted by Crippen LogP contribution is 2.02. The summed E-state index contributed by atoms with van der Waals surface area (Å²) in [7, 11) is 0. The Morgan fingerprint density at radius 2 is 1.56 bits per heavy atom. The van der Waals surface area contributed by atoms with Crippen molar-refractivity contribution in [1.29, 1.82) is 0 Å². The molecule has 0 unspecified atom stereocenters. The number of anilines is 1. The third-order valence-corrected chi connectivity index (χ3v) is 1.85. The van der Waals surface area contributed by atoms with Crippen LogP contribution in [0.25, 0.3) is 0 Å². The van der Waals surface area contributed by atoms with Crippen molar-refractivity contribution in [3.05, 3.63) is 66.7 Å². The minimum atomic E-state index is 0.675. The van der Waals surface area contributed by atoms with Gasteiger partial charge in [-0.3, -0.25) is 0 Å². The maximum absolute atomic E-state index is 5.31. The fourth-order valence-corrected chi connectivity index (χ4v) is 1.11. The molecule has 1 radical (unpaired) electrons. The van der Waals surface area contributed by atoms with E-state index in [0.717, 1.165) is 12.2 Å². The molecule has 2 nitrogen and oxygen atoms in total. The van der Waals surface area contributed by atoms with Crippen LogP contribution in [-0.2, 0) is 0 Å². The maximum Gasteiger partial charge on any atom is 0.0340 e. The molecule has 0 saturated heterocycles. The van der Waals surface area contributed by atoms with Crippen molar-refractivity contribution in [1.82, 2.24) is 0 Å². The van der Waals surface area contributed by atoms with Crippen LogP contribution in [0.15, 0.2) is 60.7 Å². The number of rotatable bonds is 3. The van der Waals surface area contributed by atoms with E-state index in [1.54, 1.807) is 0 Å². The lowest BCUT2D eigenvalue weighted by Gasteiger charge is -2.01. The van der Waals surface area contributed by atoms with Crippen LogP contribution < -0.4 is 11.1 Å². The van der Waals surface area contributed by atoms with Gasteiger partial charge in [0.25, 0.3) is 0 Å². The van der Waals surface area contributed by atoms with E-state index < -0.39 is 0 Å². The molecule has 0 aliphatic carbocycles. The van der Waals surface area contributed by atoms with Gasteiger partial charge in [0.15, 0.2) is 0 Å². The second-order valence-corrected chi connectivity index (χ2v) is 3.16. The summed E-state index contributed by atoms with van der Waals surface area (Å²) in [4.78, 5) is 0. The molecule has 0 saturated carbocycles. The fourth-order valence-electron chi connectivity index (χ4n) is 1.11. The van der Waals surface area contributed by atoms with Crippen molar-refractivity contribution in [2.45, 2.75) is 0 Å². The van der Waals surface area contributed by atoms with Gasteiger partial charge in [0, 0.05) is 18.8 Å². The summed E-state index contributed by atoms with van der Waals surface area (Å²) >= 11 is 0. The summed E-state index contributed by atoms with van der Waals surface area (Å²) in [5.41, 5.74) is 6.45. The number of nitrogens with two attached hydrogens (primary N) is 1. The summed E-state index contributed by atoms with van der Waals surface area (Å²) in [5, 5.41) is 3.17. The highest BCUT2D eigenvalue weighted by atomic mass is 14.9. The molecule has 0 aliphatic rings. The summed E-state index contributed by atoms with van der Waals surface area (Å²) in [6, 6.07) is 22.5. The zero-order valence-corrected chi connectivity index (χ0v) is 9.27. The zero-order valence-electron chi connectivity index (χ0n) is 9.27. The van der Waals surface area contributed by atoms with Crippen LogP contribution in [-0.4, -0.2) is 13.1 Å². The Balaban J connectivity index is 0.000000181. The van der Waals surface area contributed by atoms with Gasteiger partial charge < -0.3 is 11.1 Å². The highest BCUT2D eigenvalue weighted by molar-refractivity contribution is 5.42. The molecule has 0 amide bonds. The summed E-state index contributed by atoms with van der Waals surface area (Å²) < 4.78 is 0. The zero-order chi connectivity index (χ0) is 11.5. The molecule has 0 fully saturated rings. The fraction of sp³-hybridized carbons (Fsp3) is 0.143. The Morgan fingerprint density at radius 3 is 2.00 bits per heavy atom. The van der Waals surface area contributed by atoms with E-state index in [1.165, 1.54) is 0 Å². The minimum absolute atomic E-state index is 0.675. The summed E-state index contributed by atoms with van der Waals surface area (Å²) in [6.45, 7) is 1.51. The molecule has 16 heavy (non-hydrogen) atoms. The lowest BCUT2D eigenvalue weighted by molar-refractivity contribution is 1.02. The first kappa shape index (κ1) is 12.3. The Bertz CT molecular complexity index is 319. The lowest BCUT2D eigenvalue weighted by atomic mass is 10.3. The van der Waals surface area contributed by atoms with Gasteiger partial charge in [-0.15, -0.1) is 0 Å². The van der Waals surface area contributed by atoms with E-state index >= 15 is 0 Å². The molecule has 0 spiro atoms. The van der Waals surface area contributed by atoms with Crippen LogP contribution >= 0.6 is 0 Å². The van der Waals surface area contributed by atoms with Gasteiger partial charge in [0.2, 0.25) is 0 Å². The molecule has 2 rings (SSSR count). The highest BCUT2D eigenvalue weighted by Gasteiger charge is 1.84. The van der Waals surface area contributed by atoms with E-state index in [0.29, 0.717) is 6.54 Å². The minimum Gasteiger partial charge on any atom is -0.384 e. The molecule has 0 aromatic heterocycles. The number of para-hydroxylation sites is 1. The molecule has 2 heteroatoms. The standard InChI is InChI=1S/C8H12N2.C6H5/c9-6-7-10-8-4-2-1-3-5-8;1-2-4-6-5-3-1/h1-5,10H,6-7,9H2;1-5H. The van der Waals surface area contributed by atoms with E-state index in [2.05, 4.69) is 11.4 Å². The Hall–Kier alpha value is -1.80. The first-order valence-corrected chi connectivity index (χ1v) is 5.33. The van der Waals surface area contributed by atoms with Gasteiger partial charge in [-0.1, -0.05) is 48.5 Å². The summed E-state index contributed by atoms with van der Waals surface area (Å²) in [6.07, 6.45) is 0. The third kappa shape index (κ3) is 5.83. The molecule has 2 aromatic carbocycles.